The molecule has 0 atom stereocenters. The van der Waals surface area contributed by atoms with Gasteiger partial charge >= 0.3 is 0 Å². The van der Waals surface area contributed by atoms with Gasteiger partial charge in [0.15, 0.2) is 5.78 Å². The summed E-state index contributed by atoms with van der Waals surface area (Å²) in [5, 5.41) is 0. The van der Waals surface area contributed by atoms with Crippen molar-refractivity contribution in [2.24, 2.45) is 0 Å². The molecule has 0 aromatic heterocycles. The Morgan fingerprint density at radius 3 is 2.24 bits per heavy atom. The molecule has 0 spiro atoms. The quantitative estimate of drug-likeness (QED) is 0.612. The van der Waals surface area contributed by atoms with Crippen LogP contribution in [0.3, 0.4) is 0 Å². The van der Waals surface area contributed by atoms with Crippen molar-refractivity contribution in [2.75, 3.05) is 26.3 Å². The van der Waals surface area contributed by atoms with Gasteiger partial charge in [-0.1, -0.05) is 33.6 Å². The fourth-order valence-corrected chi connectivity index (χ4v) is 3.00. The second kappa shape index (κ2) is 7.12. The van der Waals surface area contributed by atoms with Crippen molar-refractivity contribution in [1.29, 1.82) is 0 Å². The summed E-state index contributed by atoms with van der Waals surface area (Å²) in [7, 11) is 0. The van der Waals surface area contributed by atoms with Gasteiger partial charge in [-0.25, -0.2) is 0 Å². The second-order valence-corrected chi connectivity index (χ2v) is 4.89. The molecule has 0 amide bonds. The Morgan fingerprint density at radius 1 is 1.18 bits per heavy atom. The molecule has 3 heteroatoms. The summed E-state index contributed by atoms with van der Waals surface area (Å²) in [6, 6.07) is 0. The first-order chi connectivity index (χ1) is 8.21. The fourth-order valence-electron chi connectivity index (χ4n) is 3.00. The maximum atomic E-state index is 12.4. The second-order valence-electron chi connectivity index (χ2n) is 4.89. The van der Waals surface area contributed by atoms with E-state index in [0.717, 1.165) is 32.4 Å². The van der Waals surface area contributed by atoms with E-state index in [9.17, 15) is 4.79 Å². The van der Waals surface area contributed by atoms with E-state index < -0.39 is 0 Å². The molecule has 0 saturated heterocycles. The highest BCUT2D eigenvalue weighted by Gasteiger charge is 2.44. The number of ether oxygens (including phenoxy) is 1. The van der Waals surface area contributed by atoms with E-state index in [-0.39, 0.29) is 5.54 Å². The van der Waals surface area contributed by atoms with Crippen LogP contribution in [0.15, 0.2) is 0 Å². The van der Waals surface area contributed by atoms with Gasteiger partial charge in [0.05, 0.1) is 5.54 Å². The molecule has 0 aromatic carbocycles. The molecule has 1 fully saturated rings. The number of hydrogen-bond acceptors (Lipinski definition) is 3. The van der Waals surface area contributed by atoms with Crippen molar-refractivity contribution in [1.82, 2.24) is 4.90 Å². The van der Waals surface area contributed by atoms with E-state index in [4.69, 9.17) is 4.74 Å². The fraction of sp³-hybridized carbons (Fsp3) is 0.929. The Kier molecular flexibility index (Phi) is 6.14. The summed E-state index contributed by atoms with van der Waals surface area (Å²) in [4.78, 5) is 14.8. The minimum atomic E-state index is -0.211. The molecule has 0 bridgehead atoms. The summed E-state index contributed by atoms with van der Waals surface area (Å²) in [5.41, 5.74) is -0.211. The van der Waals surface area contributed by atoms with Crippen LogP contribution in [0.4, 0.5) is 0 Å². The van der Waals surface area contributed by atoms with Gasteiger partial charge in [0.25, 0.3) is 0 Å². The van der Waals surface area contributed by atoms with Gasteiger partial charge in [0.1, 0.15) is 6.61 Å². The molecule has 1 aliphatic rings. The van der Waals surface area contributed by atoms with Gasteiger partial charge < -0.3 is 4.74 Å². The maximum absolute atomic E-state index is 12.4. The van der Waals surface area contributed by atoms with Crippen LogP contribution in [0.5, 0.6) is 0 Å². The zero-order chi connectivity index (χ0) is 12.7. The van der Waals surface area contributed by atoms with Crippen LogP contribution < -0.4 is 0 Å². The van der Waals surface area contributed by atoms with Crippen LogP contribution in [-0.4, -0.2) is 42.5 Å². The molecular formula is C14H27NO2. The van der Waals surface area contributed by atoms with Gasteiger partial charge in [0, 0.05) is 6.61 Å². The summed E-state index contributed by atoms with van der Waals surface area (Å²) in [6.45, 7) is 9.25. The first-order valence-corrected chi connectivity index (χ1v) is 7.07. The molecule has 1 rings (SSSR count). The minimum absolute atomic E-state index is 0.211. The Morgan fingerprint density at radius 2 is 1.76 bits per heavy atom. The summed E-state index contributed by atoms with van der Waals surface area (Å²) < 4.78 is 5.44. The van der Waals surface area contributed by atoms with Crippen molar-refractivity contribution in [3.05, 3.63) is 0 Å². The largest absolute Gasteiger partial charge is 0.374 e. The molecule has 0 heterocycles. The first kappa shape index (κ1) is 14.7. The van der Waals surface area contributed by atoms with Crippen LogP contribution >= 0.6 is 0 Å². The zero-order valence-corrected chi connectivity index (χ0v) is 11.6. The van der Waals surface area contributed by atoms with Crippen LogP contribution in [-0.2, 0) is 9.53 Å². The lowest BCUT2D eigenvalue weighted by molar-refractivity contribution is -0.135. The van der Waals surface area contributed by atoms with E-state index >= 15 is 0 Å². The van der Waals surface area contributed by atoms with Crippen molar-refractivity contribution in [3.63, 3.8) is 0 Å². The third-order valence-corrected chi connectivity index (χ3v) is 3.90. The monoisotopic (exact) mass is 241 g/mol. The van der Waals surface area contributed by atoms with Gasteiger partial charge in [-0.2, -0.15) is 0 Å². The van der Waals surface area contributed by atoms with E-state index in [1.807, 2.05) is 0 Å². The molecule has 100 valence electrons. The van der Waals surface area contributed by atoms with E-state index in [0.29, 0.717) is 19.0 Å². The molecule has 0 unspecified atom stereocenters. The SMILES string of the molecule is CCCOCC(=O)C1(N(CC)CC)CCCC1. The number of carbonyl (C=O) groups excluding carboxylic acids is 1. The molecule has 0 radical (unpaired) electrons. The normalized spacial score (nSPS) is 18.8. The zero-order valence-electron chi connectivity index (χ0n) is 11.6. The van der Waals surface area contributed by atoms with Gasteiger partial charge in [-0.05, 0) is 32.4 Å². The smallest absolute Gasteiger partial charge is 0.178 e. The molecule has 0 aliphatic heterocycles. The van der Waals surface area contributed by atoms with E-state index in [2.05, 4.69) is 25.7 Å². The predicted octanol–water partition coefficient (Wildman–Crippen LogP) is 2.64. The minimum Gasteiger partial charge on any atom is -0.374 e. The molecule has 1 aliphatic carbocycles. The molecule has 0 aromatic rings. The molecule has 17 heavy (non-hydrogen) atoms. The Bertz CT molecular complexity index is 230. The molecule has 0 N–H and O–H groups in total. The first-order valence-electron chi connectivity index (χ1n) is 7.07. The third-order valence-electron chi connectivity index (χ3n) is 3.90. The summed E-state index contributed by atoms with van der Waals surface area (Å²) >= 11 is 0. The lowest BCUT2D eigenvalue weighted by Crippen LogP contribution is -2.54. The highest BCUT2D eigenvalue weighted by Crippen LogP contribution is 2.36. The van der Waals surface area contributed by atoms with Crippen LogP contribution in [0, 0.1) is 0 Å². The summed E-state index contributed by atoms with van der Waals surface area (Å²) in [5.74, 6) is 0.298. The van der Waals surface area contributed by atoms with Crippen LogP contribution in [0.1, 0.15) is 52.9 Å². The molecular weight excluding hydrogens is 214 g/mol. The van der Waals surface area contributed by atoms with E-state index in [1.165, 1.54) is 12.8 Å². The number of Topliss-reactive ketones (excluding diaryl/α,β-unsaturated/α-hetero) is 1. The van der Waals surface area contributed by atoms with Gasteiger partial charge in [0.2, 0.25) is 0 Å². The molecule has 1 saturated carbocycles. The average molecular weight is 241 g/mol. The topological polar surface area (TPSA) is 29.5 Å². The average Bonchev–Trinajstić information content (AvgIpc) is 2.81. The number of nitrogens with zero attached hydrogens (tertiary/aromatic N) is 1. The van der Waals surface area contributed by atoms with Crippen LogP contribution in [0.2, 0.25) is 0 Å². The number of rotatable bonds is 8. The van der Waals surface area contributed by atoms with Crippen molar-refractivity contribution < 1.29 is 9.53 Å². The van der Waals surface area contributed by atoms with Crippen molar-refractivity contribution in [2.45, 2.75) is 58.4 Å². The molecule has 3 nitrogen and oxygen atoms in total. The Labute approximate surface area is 106 Å². The number of hydrogen-bond donors (Lipinski definition) is 0. The van der Waals surface area contributed by atoms with Gasteiger partial charge in [-0.15, -0.1) is 0 Å². The van der Waals surface area contributed by atoms with Crippen LogP contribution in [0.25, 0.3) is 0 Å². The van der Waals surface area contributed by atoms with Crippen molar-refractivity contribution >= 4 is 5.78 Å². The maximum Gasteiger partial charge on any atom is 0.178 e. The highest BCUT2D eigenvalue weighted by atomic mass is 16.5. The number of ketones is 1. The lowest BCUT2D eigenvalue weighted by atomic mass is 9.90. The lowest BCUT2D eigenvalue weighted by Gasteiger charge is -2.38. The number of carbonyl (C=O) groups is 1. The third kappa shape index (κ3) is 3.29. The number of likely N-dealkylation sites (N-methyl/N-ethyl adjacent to an activating group) is 1. The highest BCUT2D eigenvalue weighted by molar-refractivity contribution is 5.89. The van der Waals surface area contributed by atoms with Gasteiger partial charge in [-0.3, -0.25) is 9.69 Å². The van der Waals surface area contributed by atoms with Crippen molar-refractivity contribution in [3.8, 4) is 0 Å². The van der Waals surface area contributed by atoms with E-state index in [1.54, 1.807) is 0 Å². The Balaban J connectivity index is 2.66. The predicted molar refractivity (Wildman–Crippen MR) is 70.2 cm³/mol. The summed E-state index contributed by atoms with van der Waals surface area (Å²) in [6.07, 6.45) is 5.36. The Hall–Kier alpha value is -0.410. The standard InChI is InChI=1S/C14H27NO2/c1-4-11-17-12-13(16)14(9-7-8-10-14)15(5-2)6-3/h4-12H2,1-3H3.